The first-order valence-corrected chi connectivity index (χ1v) is 5.69. The van der Waals surface area contributed by atoms with Crippen molar-refractivity contribution in [1.82, 2.24) is 15.3 Å². The molecule has 0 fully saturated rings. The highest BCUT2D eigenvalue weighted by atomic mass is 16.2. The van der Waals surface area contributed by atoms with Gasteiger partial charge >= 0.3 is 0 Å². The van der Waals surface area contributed by atoms with Crippen molar-refractivity contribution in [1.29, 1.82) is 0 Å². The number of carbonyl (C=O) groups excluding carboxylic acids is 2. The van der Waals surface area contributed by atoms with Crippen LogP contribution in [0.1, 0.15) is 18.5 Å². The summed E-state index contributed by atoms with van der Waals surface area (Å²) in [6.45, 7) is 0.357. The maximum absolute atomic E-state index is 11.8. The lowest BCUT2D eigenvalue weighted by Crippen LogP contribution is -2.37. The van der Waals surface area contributed by atoms with Gasteiger partial charge in [0, 0.05) is 26.1 Å². The van der Waals surface area contributed by atoms with Crippen LogP contribution in [0.5, 0.6) is 0 Å². The zero-order valence-electron chi connectivity index (χ0n) is 10.1. The van der Waals surface area contributed by atoms with Crippen LogP contribution in [-0.2, 0) is 16.1 Å². The molecule has 6 heteroatoms. The largest absolute Gasteiger partial charge is 0.345 e. The lowest BCUT2D eigenvalue weighted by atomic mass is 10.1. The summed E-state index contributed by atoms with van der Waals surface area (Å²) in [6, 6.07) is 5.51. The monoisotopic (exact) mass is 246 g/mol. The van der Waals surface area contributed by atoms with E-state index in [0.29, 0.717) is 25.1 Å². The third-order valence-corrected chi connectivity index (χ3v) is 2.63. The molecular weight excluding hydrogens is 232 g/mol. The molecule has 2 amide bonds. The van der Waals surface area contributed by atoms with Gasteiger partial charge in [0.05, 0.1) is 12.2 Å². The maximum Gasteiger partial charge on any atom is 0.267 e. The summed E-state index contributed by atoms with van der Waals surface area (Å²) in [5, 5.41) is 7.88. The van der Waals surface area contributed by atoms with Crippen molar-refractivity contribution in [2.75, 3.05) is 7.05 Å². The van der Waals surface area contributed by atoms with Crippen molar-refractivity contribution < 1.29 is 9.59 Å². The molecule has 0 saturated carbocycles. The quantitative estimate of drug-likeness (QED) is 0.833. The predicted octanol–water partition coefficient (Wildman–Crippen LogP) is 0.306. The standard InChI is InChI=1S/C12H14N4O2/c1-16-11(17)6-5-10(15-16)12(18)14-8-9-4-2-3-7-13-9/h2-4,7H,5-6,8H2,1H3,(H,14,18). The molecule has 1 aromatic rings. The van der Waals surface area contributed by atoms with Gasteiger partial charge in [-0.3, -0.25) is 14.6 Å². The topological polar surface area (TPSA) is 74.7 Å². The number of hydrogen-bond acceptors (Lipinski definition) is 4. The van der Waals surface area contributed by atoms with Crippen molar-refractivity contribution >= 4 is 17.5 Å². The van der Waals surface area contributed by atoms with Crippen LogP contribution >= 0.6 is 0 Å². The van der Waals surface area contributed by atoms with Crippen LogP contribution in [-0.4, -0.2) is 34.6 Å². The Labute approximate surface area is 105 Å². The fraction of sp³-hybridized carbons (Fsp3) is 0.333. The minimum absolute atomic E-state index is 0.0729. The van der Waals surface area contributed by atoms with E-state index < -0.39 is 0 Å². The van der Waals surface area contributed by atoms with Gasteiger partial charge in [-0.1, -0.05) is 6.07 Å². The van der Waals surface area contributed by atoms with Crippen LogP contribution in [0.3, 0.4) is 0 Å². The van der Waals surface area contributed by atoms with E-state index in [-0.39, 0.29) is 11.8 Å². The number of carbonyl (C=O) groups is 2. The first kappa shape index (κ1) is 12.2. The molecule has 0 atom stereocenters. The van der Waals surface area contributed by atoms with E-state index in [2.05, 4.69) is 15.4 Å². The minimum atomic E-state index is -0.250. The lowest BCUT2D eigenvalue weighted by Gasteiger charge is -2.18. The SMILES string of the molecule is CN1N=C(C(=O)NCc2ccccn2)CCC1=O. The summed E-state index contributed by atoms with van der Waals surface area (Å²) in [5.41, 5.74) is 1.17. The molecule has 1 N–H and O–H groups in total. The van der Waals surface area contributed by atoms with E-state index >= 15 is 0 Å². The summed E-state index contributed by atoms with van der Waals surface area (Å²) < 4.78 is 0. The number of nitrogens with zero attached hydrogens (tertiary/aromatic N) is 3. The van der Waals surface area contributed by atoms with Gasteiger partial charge in [0.15, 0.2) is 0 Å². The normalized spacial score (nSPS) is 15.3. The molecule has 2 heterocycles. The van der Waals surface area contributed by atoms with E-state index in [0.717, 1.165) is 5.69 Å². The van der Waals surface area contributed by atoms with Gasteiger partial charge in [0.25, 0.3) is 5.91 Å². The van der Waals surface area contributed by atoms with Gasteiger partial charge in [-0.2, -0.15) is 5.10 Å². The zero-order valence-corrected chi connectivity index (χ0v) is 10.1. The van der Waals surface area contributed by atoms with Gasteiger partial charge in [-0.05, 0) is 12.1 Å². The molecular formula is C12H14N4O2. The molecule has 1 aliphatic rings. The van der Waals surface area contributed by atoms with Crippen LogP contribution in [0.25, 0.3) is 0 Å². The molecule has 0 aliphatic carbocycles. The second-order valence-corrected chi connectivity index (χ2v) is 3.97. The number of amides is 2. The van der Waals surface area contributed by atoms with E-state index in [1.54, 1.807) is 13.2 Å². The number of aromatic nitrogens is 1. The van der Waals surface area contributed by atoms with Gasteiger partial charge in [-0.25, -0.2) is 5.01 Å². The van der Waals surface area contributed by atoms with Crippen LogP contribution in [0.15, 0.2) is 29.5 Å². The summed E-state index contributed by atoms with van der Waals surface area (Å²) in [4.78, 5) is 27.1. The summed E-state index contributed by atoms with van der Waals surface area (Å²) in [6.07, 6.45) is 2.38. The second-order valence-electron chi connectivity index (χ2n) is 3.97. The Balaban J connectivity index is 1.93. The van der Waals surface area contributed by atoms with E-state index in [9.17, 15) is 9.59 Å². The second kappa shape index (κ2) is 5.39. The van der Waals surface area contributed by atoms with Crippen molar-refractivity contribution in [3.8, 4) is 0 Å². The fourth-order valence-electron chi connectivity index (χ4n) is 1.61. The van der Waals surface area contributed by atoms with Gasteiger partial charge in [0.2, 0.25) is 5.91 Å². The molecule has 0 aromatic carbocycles. The Morgan fingerprint density at radius 2 is 2.28 bits per heavy atom. The average molecular weight is 246 g/mol. The average Bonchev–Trinajstić information content (AvgIpc) is 2.40. The summed E-state index contributed by atoms with van der Waals surface area (Å²) in [5.74, 6) is -0.323. The first-order valence-electron chi connectivity index (χ1n) is 5.69. The van der Waals surface area contributed by atoms with Crippen molar-refractivity contribution in [2.45, 2.75) is 19.4 Å². The highest BCUT2D eigenvalue weighted by molar-refractivity contribution is 6.39. The van der Waals surface area contributed by atoms with Gasteiger partial charge in [0.1, 0.15) is 5.71 Å². The highest BCUT2D eigenvalue weighted by Gasteiger charge is 2.21. The van der Waals surface area contributed by atoms with E-state index in [1.807, 2.05) is 18.2 Å². The summed E-state index contributed by atoms with van der Waals surface area (Å²) >= 11 is 0. The first-order chi connectivity index (χ1) is 8.66. The van der Waals surface area contributed by atoms with Gasteiger partial charge in [-0.15, -0.1) is 0 Å². The maximum atomic E-state index is 11.8. The molecule has 0 bridgehead atoms. The van der Waals surface area contributed by atoms with Crippen LogP contribution in [0.2, 0.25) is 0 Å². The molecule has 2 rings (SSSR count). The number of hydrogen-bond donors (Lipinski definition) is 1. The Morgan fingerprint density at radius 1 is 1.44 bits per heavy atom. The van der Waals surface area contributed by atoms with E-state index in [4.69, 9.17) is 0 Å². The molecule has 94 valence electrons. The minimum Gasteiger partial charge on any atom is -0.345 e. The lowest BCUT2D eigenvalue weighted by molar-refractivity contribution is -0.130. The number of rotatable bonds is 3. The van der Waals surface area contributed by atoms with Crippen LogP contribution in [0.4, 0.5) is 0 Å². The van der Waals surface area contributed by atoms with Crippen molar-refractivity contribution in [3.05, 3.63) is 30.1 Å². The Kier molecular flexibility index (Phi) is 3.66. The van der Waals surface area contributed by atoms with Crippen LogP contribution < -0.4 is 5.32 Å². The third-order valence-electron chi connectivity index (χ3n) is 2.63. The zero-order chi connectivity index (χ0) is 13.0. The molecule has 1 aromatic heterocycles. The highest BCUT2D eigenvalue weighted by Crippen LogP contribution is 2.07. The molecule has 0 radical (unpaired) electrons. The van der Waals surface area contributed by atoms with Crippen molar-refractivity contribution in [2.24, 2.45) is 5.10 Å². The smallest absolute Gasteiger partial charge is 0.267 e. The molecule has 0 unspecified atom stereocenters. The number of hydrazone groups is 1. The van der Waals surface area contributed by atoms with Gasteiger partial charge < -0.3 is 5.32 Å². The van der Waals surface area contributed by atoms with E-state index in [1.165, 1.54) is 5.01 Å². The van der Waals surface area contributed by atoms with Crippen molar-refractivity contribution in [3.63, 3.8) is 0 Å². The molecule has 18 heavy (non-hydrogen) atoms. The third kappa shape index (κ3) is 2.91. The Morgan fingerprint density at radius 3 is 2.94 bits per heavy atom. The number of pyridine rings is 1. The molecule has 6 nitrogen and oxygen atoms in total. The Bertz CT molecular complexity index is 484. The summed E-state index contributed by atoms with van der Waals surface area (Å²) in [7, 11) is 1.55. The molecule has 0 saturated heterocycles. The fourth-order valence-corrected chi connectivity index (χ4v) is 1.61. The van der Waals surface area contributed by atoms with Crippen LogP contribution in [0, 0.1) is 0 Å². The number of nitrogens with one attached hydrogen (secondary N) is 1. The Hall–Kier alpha value is -2.24. The molecule has 1 aliphatic heterocycles. The predicted molar refractivity (Wildman–Crippen MR) is 65.5 cm³/mol. The molecule has 0 spiro atoms.